The maximum atomic E-state index is 6.89. The van der Waals surface area contributed by atoms with Crippen LogP contribution in [0, 0.1) is 0 Å². The van der Waals surface area contributed by atoms with E-state index in [1.54, 1.807) is 0 Å². The molecule has 0 aromatic heterocycles. The fraction of sp³-hybridized carbons (Fsp3) is 0.920. The van der Waals surface area contributed by atoms with Crippen LogP contribution in [0.3, 0.4) is 0 Å². The van der Waals surface area contributed by atoms with Crippen molar-refractivity contribution in [3.8, 4) is 0 Å². The Morgan fingerprint density at radius 1 is 0.656 bits per heavy atom. The molecule has 2 saturated heterocycles. The monoisotopic (exact) mass is 464 g/mol. The number of allylic oxidation sites excluding steroid dienone is 1. The summed E-state index contributed by atoms with van der Waals surface area (Å²) in [4.78, 5) is -0.457. The fourth-order valence-electron chi connectivity index (χ4n) is 6.85. The minimum absolute atomic E-state index is 0.431. The van der Waals surface area contributed by atoms with E-state index in [9.17, 15) is 0 Å². The van der Waals surface area contributed by atoms with Crippen LogP contribution in [0.2, 0.25) is 21.5 Å². The molecule has 0 spiro atoms. The summed E-state index contributed by atoms with van der Waals surface area (Å²) < 4.78 is 27.6. The zero-order valence-corrected chi connectivity index (χ0v) is 24.5. The maximum Gasteiger partial charge on any atom is 0.459 e. The molecule has 4 nitrogen and oxygen atoms in total. The summed E-state index contributed by atoms with van der Waals surface area (Å²) in [6, 6.07) is 0. The van der Waals surface area contributed by atoms with Crippen LogP contribution in [0.4, 0.5) is 0 Å². The quantitative estimate of drug-likeness (QED) is 0.280. The van der Waals surface area contributed by atoms with E-state index < -0.39 is 49.6 Å². The lowest BCUT2D eigenvalue weighted by Crippen LogP contribution is -2.68. The lowest BCUT2D eigenvalue weighted by Gasteiger charge is -2.57. The molecule has 0 unspecified atom stereocenters. The molecule has 0 atom stereocenters. The Hall–Kier alpha value is -0.0732. The van der Waals surface area contributed by atoms with Crippen molar-refractivity contribution in [2.45, 2.75) is 147 Å². The molecule has 0 aromatic rings. The highest BCUT2D eigenvalue weighted by molar-refractivity contribution is 7.04. The number of hydrogen-bond acceptors (Lipinski definition) is 4. The van der Waals surface area contributed by atoms with Crippen molar-refractivity contribution in [2.24, 2.45) is 0 Å². The molecule has 184 valence electrons. The van der Waals surface area contributed by atoms with Gasteiger partial charge >= 0.3 is 14.2 Å². The van der Waals surface area contributed by atoms with Gasteiger partial charge < -0.3 is 18.6 Å². The molecule has 2 heterocycles. The first-order valence-corrected chi connectivity index (χ1v) is 14.8. The molecule has 0 saturated carbocycles. The molecule has 2 aliphatic rings. The molecule has 0 bridgehead atoms. The third kappa shape index (κ3) is 3.82. The second-order valence-electron chi connectivity index (χ2n) is 13.1. The minimum atomic E-state index is -2.28. The number of rotatable bonds is 8. The first-order chi connectivity index (χ1) is 14.3. The first kappa shape index (κ1) is 28.2. The van der Waals surface area contributed by atoms with Crippen LogP contribution in [0.5, 0.6) is 0 Å². The molecule has 0 aliphatic carbocycles. The van der Waals surface area contributed by atoms with Crippen molar-refractivity contribution in [3.63, 3.8) is 0 Å². The molecule has 0 radical (unpaired) electrons. The Kier molecular flexibility index (Phi) is 7.52. The molecule has 0 amide bonds. The summed E-state index contributed by atoms with van der Waals surface area (Å²) in [5.74, 6) is 0. The van der Waals surface area contributed by atoms with E-state index in [0.29, 0.717) is 16.6 Å². The van der Waals surface area contributed by atoms with Crippen LogP contribution < -0.4 is 0 Å². The van der Waals surface area contributed by atoms with Crippen molar-refractivity contribution in [1.82, 2.24) is 0 Å². The molecule has 2 fully saturated rings. The smallest absolute Gasteiger partial charge is 0.403 e. The van der Waals surface area contributed by atoms with Crippen LogP contribution in [-0.4, -0.2) is 44.7 Å². The highest BCUT2D eigenvalue weighted by Gasteiger charge is 2.77. The third-order valence-electron chi connectivity index (χ3n) is 9.50. The van der Waals surface area contributed by atoms with Gasteiger partial charge in [-0.05, 0) is 61.8 Å². The van der Waals surface area contributed by atoms with E-state index in [1.807, 2.05) is 6.08 Å². The van der Waals surface area contributed by atoms with Gasteiger partial charge in [0.15, 0.2) is 0 Å². The molecular formula is C25H50B2O4Si. The minimum Gasteiger partial charge on any atom is -0.403 e. The molecule has 0 aromatic carbocycles. The van der Waals surface area contributed by atoms with Gasteiger partial charge in [-0.15, -0.1) is 6.58 Å². The van der Waals surface area contributed by atoms with Crippen LogP contribution in [0.15, 0.2) is 12.7 Å². The average molecular weight is 464 g/mol. The van der Waals surface area contributed by atoms with Gasteiger partial charge in [0.2, 0.25) is 0 Å². The Morgan fingerprint density at radius 3 is 1.09 bits per heavy atom. The van der Waals surface area contributed by atoms with Crippen LogP contribution in [0.1, 0.15) is 103 Å². The van der Waals surface area contributed by atoms with E-state index in [2.05, 4.69) is 104 Å². The van der Waals surface area contributed by atoms with Gasteiger partial charge in [0.05, 0.1) is 30.5 Å². The van der Waals surface area contributed by atoms with Gasteiger partial charge in [-0.2, -0.15) is 0 Å². The Labute approximate surface area is 200 Å². The summed E-state index contributed by atoms with van der Waals surface area (Å²) in [6.45, 7) is 35.7. The van der Waals surface area contributed by atoms with Crippen molar-refractivity contribution < 1.29 is 18.6 Å². The summed E-state index contributed by atoms with van der Waals surface area (Å²) in [6.07, 6.45) is 2.78. The largest absolute Gasteiger partial charge is 0.459 e. The zero-order chi connectivity index (χ0) is 25.1. The summed E-state index contributed by atoms with van der Waals surface area (Å²) in [5, 5.41) is 0. The first-order valence-electron chi connectivity index (χ1n) is 12.6. The van der Waals surface area contributed by atoms with E-state index in [1.165, 1.54) is 0 Å². The number of hydrogen-bond donors (Lipinski definition) is 0. The molecule has 2 rings (SSSR count). The summed E-state index contributed by atoms with van der Waals surface area (Å²) in [5.41, 5.74) is -0.309. The van der Waals surface area contributed by atoms with Crippen LogP contribution in [-0.2, 0) is 18.6 Å². The van der Waals surface area contributed by atoms with Gasteiger partial charge in [-0.1, -0.05) is 64.2 Å². The van der Waals surface area contributed by atoms with Gasteiger partial charge in [0.1, 0.15) is 0 Å². The van der Waals surface area contributed by atoms with Crippen LogP contribution in [0.25, 0.3) is 0 Å². The lowest BCUT2D eigenvalue weighted by molar-refractivity contribution is 0.00578. The Balaban J connectivity index is 2.91. The summed E-state index contributed by atoms with van der Waals surface area (Å²) in [7, 11) is -3.14. The highest BCUT2D eigenvalue weighted by atomic mass is 28.3. The Morgan fingerprint density at radius 2 is 0.906 bits per heavy atom. The Bertz CT molecular complexity index is 610. The second-order valence-corrected chi connectivity index (χ2v) is 19.4. The van der Waals surface area contributed by atoms with Crippen molar-refractivity contribution in [3.05, 3.63) is 12.7 Å². The van der Waals surface area contributed by atoms with Gasteiger partial charge in [-0.3, -0.25) is 0 Å². The van der Waals surface area contributed by atoms with Crippen molar-refractivity contribution in [1.29, 1.82) is 0 Å². The van der Waals surface area contributed by atoms with Crippen LogP contribution >= 0.6 is 0 Å². The topological polar surface area (TPSA) is 36.9 Å². The standard InChI is InChI=1S/C25H50B2O4Si/c1-16-17-25(26-28-21(8,9)22(10,11)29-26,27-30-23(12,13)24(14,15)31-27)32(18(2)3,19(4)5)20(6)7/h16,18-20H,1,17H2,2-15H3. The van der Waals surface area contributed by atoms with Gasteiger partial charge in [-0.25, -0.2) is 0 Å². The van der Waals surface area contributed by atoms with E-state index in [0.717, 1.165) is 6.42 Å². The second kappa shape index (κ2) is 8.55. The molecule has 0 N–H and O–H groups in total. The van der Waals surface area contributed by atoms with Gasteiger partial charge in [0, 0.05) is 4.84 Å². The average Bonchev–Trinajstić information content (AvgIpc) is 2.93. The molecule has 32 heavy (non-hydrogen) atoms. The highest BCUT2D eigenvalue weighted by Crippen LogP contribution is 2.65. The molecular weight excluding hydrogens is 414 g/mol. The predicted molar refractivity (Wildman–Crippen MR) is 141 cm³/mol. The van der Waals surface area contributed by atoms with E-state index >= 15 is 0 Å². The SMILES string of the molecule is C=CCC(B1OC(C)(C)C(C)(C)O1)(B1OC(C)(C)C(C)(C)O1)[Si](C(C)C)(C(C)C)C(C)C. The van der Waals surface area contributed by atoms with Gasteiger partial charge in [0.25, 0.3) is 0 Å². The normalized spacial score (nSPS) is 24.8. The molecule has 7 heteroatoms. The van der Waals surface area contributed by atoms with Crippen molar-refractivity contribution >= 4 is 22.3 Å². The zero-order valence-electron chi connectivity index (χ0n) is 23.5. The van der Waals surface area contributed by atoms with E-state index in [4.69, 9.17) is 18.6 Å². The molecule has 2 aliphatic heterocycles. The summed E-state index contributed by atoms with van der Waals surface area (Å²) >= 11 is 0. The fourth-order valence-corrected chi connectivity index (χ4v) is 15.6. The van der Waals surface area contributed by atoms with E-state index in [-0.39, 0.29) is 0 Å². The van der Waals surface area contributed by atoms with Crippen molar-refractivity contribution in [2.75, 3.05) is 0 Å². The predicted octanol–water partition coefficient (Wildman–Crippen LogP) is 7.24. The maximum absolute atomic E-state index is 6.89. The third-order valence-corrected chi connectivity index (χ3v) is 17.5. The lowest BCUT2D eigenvalue weighted by atomic mass is 9.48.